The minimum absolute atomic E-state index is 0.248. The molecule has 2 aromatic rings. The van der Waals surface area contributed by atoms with E-state index in [4.69, 9.17) is 10.7 Å². The molecule has 0 amide bonds. The molecule has 0 saturated carbocycles. The van der Waals surface area contributed by atoms with E-state index >= 15 is 0 Å². The van der Waals surface area contributed by atoms with Crippen molar-refractivity contribution in [3.05, 3.63) is 14.3 Å². The Hall–Kier alpha value is 0.0400. The quantitative estimate of drug-likeness (QED) is 0.626. The first kappa shape index (κ1) is 16.4. The van der Waals surface area contributed by atoms with Crippen molar-refractivity contribution in [2.45, 2.75) is 31.5 Å². The monoisotopic (exact) mass is 461 g/mol. The second-order valence-corrected chi connectivity index (χ2v) is 10.7. The van der Waals surface area contributed by atoms with E-state index in [1.165, 1.54) is 15.9 Å². The van der Waals surface area contributed by atoms with Crippen LogP contribution in [0.2, 0.25) is 0 Å². The standard InChI is InChI=1S/C10H10Br2ClN3O2S2/c1-10(2,3)16-8(6-4-5(11)7(12)19-6)14-15-9(16)20(13,17)18/h4H,1-3H3. The molecule has 10 heteroatoms. The molecule has 2 heterocycles. The van der Waals surface area contributed by atoms with Crippen molar-refractivity contribution in [2.75, 3.05) is 0 Å². The summed E-state index contributed by atoms with van der Waals surface area (Å²) in [5, 5.41) is 7.48. The third kappa shape index (κ3) is 3.11. The van der Waals surface area contributed by atoms with Crippen molar-refractivity contribution in [2.24, 2.45) is 0 Å². The van der Waals surface area contributed by atoms with Gasteiger partial charge < -0.3 is 0 Å². The predicted octanol–water partition coefficient (Wildman–Crippen LogP) is 4.21. The summed E-state index contributed by atoms with van der Waals surface area (Å²) in [6.07, 6.45) is 0. The molecular weight excluding hydrogens is 454 g/mol. The molecule has 0 saturated heterocycles. The lowest BCUT2D eigenvalue weighted by Gasteiger charge is -2.23. The molecule has 2 rings (SSSR count). The molecule has 0 fully saturated rings. The maximum atomic E-state index is 11.6. The summed E-state index contributed by atoms with van der Waals surface area (Å²) in [7, 11) is 1.48. The van der Waals surface area contributed by atoms with Gasteiger partial charge in [0.1, 0.15) is 0 Å². The van der Waals surface area contributed by atoms with E-state index < -0.39 is 14.6 Å². The van der Waals surface area contributed by atoms with Gasteiger partial charge in [0.05, 0.1) is 8.66 Å². The van der Waals surface area contributed by atoms with Crippen LogP contribution in [-0.4, -0.2) is 23.2 Å². The summed E-state index contributed by atoms with van der Waals surface area (Å²) in [6, 6.07) is 1.85. The molecule has 20 heavy (non-hydrogen) atoms. The fourth-order valence-corrected chi connectivity index (χ4v) is 4.68. The lowest BCUT2D eigenvalue weighted by molar-refractivity contribution is 0.367. The number of thiophene rings is 1. The summed E-state index contributed by atoms with van der Waals surface area (Å²) < 4.78 is 26.6. The zero-order chi connectivity index (χ0) is 15.3. The number of halogens is 3. The normalized spacial score (nSPS) is 12.9. The van der Waals surface area contributed by atoms with Crippen molar-refractivity contribution < 1.29 is 8.42 Å². The Morgan fingerprint density at radius 2 is 1.90 bits per heavy atom. The summed E-state index contributed by atoms with van der Waals surface area (Å²) in [5.74, 6) is 0.466. The van der Waals surface area contributed by atoms with Crippen LogP contribution in [0, 0.1) is 0 Å². The van der Waals surface area contributed by atoms with Crippen LogP contribution in [-0.2, 0) is 14.6 Å². The van der Waals surface area contributed by atoms with Crippen LogP contribution in [0.3, 0.4) is 0 Å². The van der Waals surface area contributed by atoms with Crippen molar-refractivity contribution in [1.29, 1.82) is 0 Å². The molecule has 0 radical (unpaired) electrons. The fraction of sp³-hybridized carbons (Fsp3) is 0.400. The highest BCUT2D eigenvalue weighted by atomic mass is 79.9. The first-order valence-electron chi connectivity index (χ1n) is 5.37. The number of rotatable bonds is 2. The van der Waals surface area contributed by atoms with Crippen molar-refractivity contribution in [3.63, 3.8) is 0 Å². The zero-order valence-electron chi connectivity index (χ0n) is 10.7. The highest BCUT2D eigenvalue weighted by Gasteiger charge is 2.30. The highest BCUT2D eigenvalue weighted by molar-refractivity contribution is 9.13. The van der Waals surface area contributed by atoms with E-state index in [-0.39, 0.29) is 5.16 Å². The van der Waals surface area contributed by atoms with Crippen LogP contribution in [0.4, 0.5) is 0 Å². The van der Waals surface area contributed by atoms with Gasteiger partial charge in [0.25, 0.3) is 14.2 Å². The second-order valence-electron chi connectivity index (χ2n) is 4.98. The molecule has 0 N–H and O–H groups in total. The molecule has 2 aromatic heterocycles. The molecule has 0 aliphatic carbocycles. The summed E-state index contributed by atoms with van der Waals surface area (Å²) >= 11 is 8.23. The molecule has 0 aliphatic rings. The lowest BCUT2D eigenvalue weighted by Crippen LogP contribution is -2.25. The van der Waals surface area contributed by atoms with E-state index in [2.05, 4.69) is 42.1 Å². The van der Waals surface area contributed by atoms with Crippen LogP contribution >= 0.6 is 53.9 Å². The Bertz CT molecular complexity index is 743. The first-order valence-corrected chi connectivity index (χ1v) is 10.1. The average Bonchev–Trinajstić information content (AvgIpc) is 2.81. The predicted molar refractivity (Wildman–Crippen MR) is 86.8 cm³/mol. The van der Waals surface area contributed by atoms with Crippen LogP contribution in [0.5, 0.6) is 0 Å². The Kier molecular flexibility index (Phi) is 4.39. The first-order chi connectivity index (χ1) is 9.01. The third-order valence-electron chi connectivity index (χ3n) is 2.39. The molecule has 0 unspecified atom stereocenters. The Balaban J connectivity index is 2.76. The maximum Gasteiger partial charge on any atom is 0.296 e. The number of hydrogen-bond acceptors (Lipinski definition) is 5. The van der Waals surface area contributed by atoms with Crippen LogP contribution in [0.25, 0.3) is 10.7 Å². The molecule has 0 aliphatic heterocycles. The topological polar surface area (TPSA) is 64.8 Å². The third-order valence-corrected chi connectivity index (χ3v) is 6.75. The van der Waals surface area contributed by atoms with Gasteiger partial charge in [-0.3, -0.25) is 4.57 Å². The van der Waals surface area contributed by atoms with E-state index in [1.54, 1.807) is 0 Å². The SMILES string of the molecule is CC(C)(C)n1c(-c2cc(Br)c(Br)s2)nnc1S(=O)(=O)Cl. The molecule has 0 bridgehead atoms. The smallest absolute Gasteiger partial charge is 0.291 e. The Morgan fingerprint density at radius 1 is 1.30 bits per heavy atom. The number of nitrogens with zero attached hydrogens (tertiary/aromatic N) is 3. The lowest BCUT2D eigenvalue weighted by atomic mass is 10.1. The van der Waals surface area contributed by atoms with Gasteiger partial charge in [-0.2, -0.15) is 0 Å². The average molecular weight is 464 g/mol. The van der Waals surface area contributed by atoms with Crippen LogP contribution in [0.1, 0.15) is 20.8 Å². The van der Waals surface area contributed by atoms with Crippen LogP contribution in [0.15, 0.2) is 19.5 Å². The fourth-order valence-electron chi connectivity index (χ4n) is 1.65. The molecule has 110 valence electrons. The maximum absolute atomic E-state index is 11.6. The molecule has 0 aromatic carbocycles. The summed E-state index contributed by atoms with van der Waals surface area (Å²) in [4.78, 5) is 0.790. The van der Waals surface area contributed by atoms with Gasteiger partial charge in [-0.15, -0.1) is 21.5 Å². The van der Waals surface area contributed by atoms with Gasteiger partial charge in [0.2, 0.25) is 0 Å². The van der Waals surface area contributed by atoms with Crippen molar-refractivity contribution in [3.8, 4) is 10.7 Å². The molecule has 5 nitrogen and oxygen atoms in total. The van der Waals surface area contributed by atoms with Gasteiger partial charge in [0, 0.05) is 20.7 Å². The van der Waals surface area contributed by atoms with Crippen molar-refractivity contribution >= 4 is 62.9 Å². The second kappa shape index (κ2) is 5.35. The van der Waals surface area contributed by atoms with Gasteiger partial charge in [-0.05, 0) is 58.7 Å². The van der Waals surface area contributed by atoms with E-state index in [0.717, 1.165) is 13.1 Å². The highest BCUT2D eigenvalue weighted by Crippen LogP contribution is 2.39. The Labute approximate surface area is 142 Å². The minimum atomic E-state index is -3.96. The molecule has 0 spiro atoms. The van der Waals surface area contributed by atoms with Gasteiger partial charge in [-0.1, -0.05) is 0 Å². The van der Waals surface area contributed by atoms with Crippen molar-refractivity contribution in [1.82, 2.24) is 14.8 Å². The summed E-state index contributed by atoms with van der Waals surface area (Å²) in [5.41, 5.74) is -0.529. The van der Waals surface area contributed by atoms with Gasteiger partial charge in [-0.25, -0.2) is 8.42 Å². The molecular formula is C10H10Br2ClN3O2S2. The molecule has 0 atom stereocenters. The zero-order valence-corrected chi connectivity index (χ0v) is 16.2. The number of hydrogen-bond donors (Lipinski definition) is 0. The van der Waals surface area contributed by atoms with Crippen LogP contribution < -0.4 is 0 Å². The van der Waals surface area contributed by atoms with Gasteiger partial charge >= 0.3 is 0 Å². The van der Waals surface area contributed by atoms with E-state index in [0.29, 0.717) is 5.82 Å². The van der Waals surface area contributed by atoms with E-state index in [1.807, 2.05) is 26.8 Å². The summed E-state index contributed by atoms with van der Waals surface area (Å²) in [6.45, 7) is 5.59. The number of aromatic nitrogens is 3. The minimum Gasteiger partial charge on any atom is -0.291 e. The van der Waals surface area contributed by atoms with E-state index in [9.17, 15) is 8.42 Å². The Morgan fingerprint density at radius 3 is 2.30 bits per heavy atom. The van der Waals surface area contributed by atoms with Gasteiger partial charge in [0.15, 0.2) is 5.82 Å². The largest absolute Gasteiger partial charge is 0.296 e.